The Kier molecular flexibility index (Phi) is 8.61. The van der Waals surface area contributed by atoms with E-state index in [-0.39, 0.29) is 24.2 Å². The Bertz CT molecular complexity index is 773. The second-order valence-electron chi connectivity index (χ2n) is 7.09. The lowest BCUT2D eigenvalue weighted by Crippen LogP contribution is -2.37. The summed E-state index contributed by atoms with van der Waals surface area (Å²) < 4.78 is 5.48. The quantitative estimate of drug-likeness (QED) is 0.700. The molecule has 0 aliphatic heterocycles. The summed E-state index contributed by atoms with van der Waals surface area (Å²) in [7, 11) is 3.65. The Morgan fingerprint density at radius 2 is 1.71 bits per heavy atom. The van der Waals surface area contributed by atoms with Crippen LogP contribution in [-0.4, -0.2) is 26.1 Å². The minimum absolute atomic E-state index is 0. The lowest BCUT2D eigenvalue weighted by Gasteiger charge is -2.27. The van der Waals surface area contributed by atoms with Crippen LogP contribution < -0.4 is 15.4 Å². The van der Waals surface area contributed by atoms with Gasteiger partial charge in [-0.3, -0.25) is 4.79 Å². The van der Waals surface area contributed by atoms with Crippen molar-refractivity contribution in [3.8, 4) is 16.9 Å². The number of nitrogens with one attached hydrogen (secondary N) is 2. The van der Waals surface area contributed by atoms with E-state index in [1.54, 1.807) is 7.11 Å². The summed E-state index contributed by atoms with van der Waals surface area (Å²) in [5, 5.41) is 7.12. The molecule has 0 aromatic heterocycles. The van der Waals surface area contributed by atoms with E-state index in [2.05, 4.69) is 16.7 Å². The number of carbonyl (C=O) groups excluding carboxylic acids is 1. The lowest BCUT2D eigenvalue weighted by atomic mass is 9.85. The maximum atomic E-state index is 12.6. The highest BCUT2D eigenvalue weighted by atomic mass is 35.5. The van der Waals surface area contributed by atoms with Crippen molar-refractivity contribution in [2.45, 2.75) is 38.3 Å². The zero-order valence-corrected chi connectivity index (χ0v) is 17.9. The first-order valence-electron chi connectivity index (χ1n) is 9.48. The second kappa shape index (κ2) is 10.7. The fraction of sp³-hybridized carbons (Fsp3) is 0.409. The third-order valence-electron chi connectivity index (χ3n) is 5.42. The van der Waals surface area contributed by atoms with E-state index in [1.807, 2.05) is 43.4 Å². The lowest BCUT2D eigenvalue weighted by molar-refractivity contribution is -0.126. The molecule has 2 aromatic rings. The molecular weight excluding hydrogens is 395 g/mol. The number of carbonyl (C=O) groups is 1. The zero-order chi connectivity index (χ0) is 19.2. The molecule has 0 bridgehead atoms. The summed E-state index contributed by atoms with van der Waals surface area (Å²) in [5.74, 6) is 1.04. The number of hydrogen-bond donors (Lipinski definition) is 2. The van der Waals surface area contributed by atoms with Gasteiger partial charge in [0.1, 0.15) is 5.75 Å². The van der Waals surface area contributed by atoms with Crippen LogP contribution in [0.3, 0.4) is 0 Å². The van der Waals surface area contributed by atoms with Gasteiger partial charge in [-0.15, -0.1) is 12.4 Å². The Hall–Kier alpha value is -1.75. The van der Waals surface area contributed by atoms with Gasteiger partial charge in [0.15, 0.2) is 0 Å². The van der Waals surface area contributed by atoms with E-state index in [4.69, 9.17) is 16.3 Å². The van der Waals surface area contributed by atoms with Gasteiger partial charge in [0.25, 0.3) is 0 Å². The average molecular weight is 423 g/mol. The monoisotopic (exact) mass is 422 g/mol. The topological polar surface area (TPSA) is 50.4 Å². The molecule has 28 heavy (non-hydrogen) atoms. The molecule has 6 heteroatoms. The molecule has 1 amide bonds. The van der Waals surface area contributed by atoms with Crippen LogP contribution in [0.1, 0.15) is 31.2 Å². The SMILES string of the molecule is CNC1CCC(C(=O)NCc2cc(-c3ccc(Cl)cc3)ccc2OC)CC1.Cl. The van der Waals surface area contributed by atoms with Gasteiger partial charge in [-0.05, 0) is 68.1 Å². The fourth-order valence-electron chi connectivity index (χ4n) is 3.71. The number of methoxy groups -OCH3 is 1. The highest BCUT2D eigenvalue weighted by Crippen LogP contribution is 2.28. The van der Waals surface area contributed by atoms with Gasteiger partial charge >= 0.3 is 0 Å². The Morgan fingerprint density at radius 1 is 1.07 bits per heavy atom. The van der Waals surface area contributed by atoms with E-state index in [9.17, 15) is 4.79 Å². The van der Waals surface area contributed by atoms with Gasteiger partial charge < -0.3 is 15.4 Å². The normalized spacial score (nSPS) is 18.8. The third-order valence-corrected chi connectivity index (χ3v) is 5.67. The minimum atomic E-state index is 0. The summed E-state index contributed by atoms with van der Waals surface area (Å²) in [6.07, 6.45) is 4.01. The van der Waals surface area contributed by atoms with Crippen molar-refractivity contribution in [1.29, 1.82) is 0 Å². The van der Waals surface area contributed by atoms with E-state index in [0.717, 1.165) is 48.1 Å². The smallest absolute Gasteiger partial charge is 0.223 e. The maximum Gasteiger partial charge on any atom is 0.223 e. The molecule has 0 unspecified atom stereocenters. The number of rotatable bonds is 6. The first kappa shape index (κ1) is 22.5. The van der Waals surface area contributed by atoms with Gasteiger partial charge in [-0.2, -0.15) is 0 Å². The molecule has 1 aliphatic rings. The predicted octanol–water partition coefficient (Wildman–Crippen LogP) is 4.83. The van der Waals surface area contributed by atoms with E-state index < -0.39 is 0 Å². The molecule has 2 N–H and O–H groups in total. The van der Waals surface area contributed by atoms with Crippen molar-refractivity contribution < 1.29 is 9.53 Å². The number of amides is 1. The molecule has 0 heterocycles. The highest BCUT2D eigenvalue weighted by molar-refractivity contribution is 6.30. The van der Waals surface area contributed by atoms with Crippen molar-refractivity contribution in [3.63, 3.8) is 0 Å². The van der Waals surface area contributed by atoms with Crippen LogP contribution >= 0.6 is 24.0 Å². The first-order chi connectivity index (χ1) is 13.1. The highest BCUT2D eigenvalue weighted by Gasteiger charge is 2.25. The molecule has 1 aliphatic carbocycles. The summed E-state index contributed by atoms with van der Waals surface area (Å²) in [4.78, 5) is 12.6. The molecule has 0 spiro atoms. The molecule has 4 nitrogen and oxygen atoms in total. The minimum Gasteiger partial charge on any atom is -0.496 e. The van der Waals surface area contributed by atoms with Crippen LogP contribution in [0.15, 0.2) is 42.5 Å². The van der Waals surface area contributed by atoms with Crippen LogP contribution in [-0.2, 0) is 11.3 Å². The molecule has 1 fully saturated rings. The zero-order valence-electron chi connectivity index (χ0n) is 16.3. The van der Waals surface area contributed by atoms with Crippen LogP contribution in [0.2, 0.25) is 5.02 Å². The fourth-order valence-corrected chi connectivity index (χ4v) is 3.84. The second-order valence-corrected chi connectivity index (χ2v) is 7.52. The van der Waals surface area contributed by atoms with Gasteiger partial charge in [0.05, 0.1) is 7.11 Å². The van der Waals surface area contributed by atoms with Gasteiger partial charge in [0, 0.05) is 29.1 Å². The average Bonchev–Trinajstić information content (AvgIpc) is 2.72. The summed E-state index contributed by atoms with van der Waals surface area (Å²) in [6.45, 7) is 0.468. The van der Waals surface area contributed by atoms with Crippen molar-refractivity contribution in [2.24, 2.45) is 5.92 Å². The molecular formula is C22H28Cl2N2O2. The van der Waals surface area contributed by atoms with E-state index in [1.165, 1.54) is 0 Å². The van der Waals surface area contributed by atoms with Gasteiger partial charge in [-0.1, -0.05) is 29.8 Å². The summed E-state index contributed by atoms with van der Waals surface area (Å²) >= 11 is 5.98. The summed E-state index contributed by atoms with van der Waals surface area (Å²) in [6, 6.07) is 14.3. The number of benzene rings is 2. The first-order valence-corrected chi connectivity index (χ1v) is 9.86. The molecule has 1 saturated carbocycles. The van der Waals surface area contributed by atoms with E-state index in [0.29, 0.717) is 17.6 Å². The third kappa shape index (κ3) is 5.63. The maximum absolute atomic E-state index is 12.6. The molecule has 0 radical (unpaired) electrons. The summed E-state index contributed by atoms with van der Waals surface area (Å²) in [5.41, 5.74) is 3.13. The number of halogens is 2. The molecule has 2 aromatic carbocycles. The van der Waals surface area contributed by atoms with E-state index >= 15 is 0 Å². The van der Waals surface area contributed by atoms with Crippen molar-refractivity contribution in [2.75, 3.05) is 14.2 Å². The van der Waals surface area contributed by atoms with Crippen LogP contribution in [0.4, 0.5) is 0 Å². The standard InChI is InChI=1S/C22H27ClN2O2.ClH/c1-24-20-10-5-16(6-11-20)22(26)25-14-18-13-17(7-12-21(18)27-2)15-3-8-19(23)9-4-15;/h3-4,7-9,12-13,16,20,24H,5-6,10-11,14H2,1-2H3,(H,25,26);1H. The van der Waals surface area contributed by atoms with Gasteiger partial charge in [-0.25, -0.2) is 0 Å². The number of hydrogen-bond acceptors (Lipinski definition) is 3. The molecule has 152 valence electrons. The largest absolute Gasteiger partial charge is 0.496 e. The molecule has 0 atom stereocenters. The Labute approximate surface area is 178 Å². The van der Waals surface area contributed by atoms with Crippen LogP contribution in [0.25, 0.3) is 11.1 Å². The number of ether oxygens (including phenoxy) is 1. The molecule has 0 saturated heterocycles. The van der Waals surface area contributed by atoms with Crippen molar-refractivity contribution >= 4 is 29.9 Å². The Balaban J connectivity index is 0.00000280. The predicted molar refractivity (Wildman–Crippen MR) is 117 cm³/mol. The van der Waals surface area contributed by atoms with Crippen LogP contribution in [0, 0.1) is 5.92 Å². The molecule has 3 rings (SSSR count). The van der Waals surface area contributed by atoms with Crippen LogP contribution in [0.5, 0.6) is 5.75 Å². The Morgan fingerprint density at radius 3 is 2.32 bits per heavy atom. The van der Waals surface area contributed by atoms with Gasteiger partial charge in [0.2, 0.25) is 5.91 Å². The van der Waals surface area contributed by atoms with Crippen molar-refractivity contribution in [3.05, 3.63) is 53.1 Å². The van der Waals surface area contributed by atoms with Crippen molar-refractivity contribution in [1.82, 2.24) is 10.6 Å².